The summed E-state index contributed by atoms with van der Waals surface area (Å²) in [5, 5.41) is 21.6. The number of rotatable bonds is 5. The van der Waals surface area contributed by atoms with Crippen LogP contribution in [0.2, 0.25) is 0 Å². The minimum absolute atomic E-state index is 0.0887. The maximum Gasteiger partial charge on any atom is 0.313 e. The first kappa shape index (κ1) is 21.2. The van der Waals surface area contributed by atoms with Gasteiger partial charge in [0.1, 0.15) is 5.92 Å². The monoisotopic (exact) mass is 452 g/mol. The summed E-state index contributed by atoms with van der Waals surface area (Å²) < 4.78 is 27.8. The molecule has 0 unspecified atom stereocenters. The molecular weight excluding hydrogens is 436 g/mol. The molecule has 4 rings (SSSR count). The number of aliphatic carboxylic acids is 1. The molecule has 0 spiro atoms. The van der Waals surface area contributed by atoms with Gasteiger partial charge in [-0.3, -0.25) is 19.7 Å². The van der Waals surface area contributed by atoms with Crippen molar-refractivity contribution in [3.8, 4) is 0 Å². The van der Waals surface area contributed by atoms with Crippen LogP contribution in [-0.4, -0.2) is 34.6 Å². The minimum Gasteiger partial charge on any atom is -0.481 e. The maximum absolute atomic E-state index is 13.7. The summed E-state index contributed by atoms with van der Waals surface area (Å²) in [4.78, 5) is 35.8. The Labute approximate surface area is 182 Å². The Morgan fingerprint density at radius 3 is 2.19 bits per heavy atom. The van der Waals surface area contributed by atoms with Crippen LogP contribution in [0.3, 0.4) is 0 Å². The molecule has 1 aliphatic rings. The van der Waals surface area contributed by atoms with Crippen molar-refractivity contribution in [2.75, 3.05) is 0 Å². The fourth-order valence-electron chi connectivity index (χ4n) is 3.95. The molecule has 32 heavy (non-hydrogen) atoms. The number of hydrogen-bond acceptors (Lipinski definition) is 6. The SMILES string of the molecule is O=C(O)[C@@H]1c2ccccc2C(=O)N(S(=O)(=O)c2ccccc2[N+](=O)[O-])[C@H]1c1ccccc1. The zero-order valence-electron chi connectivity index (χ0n) is 16.4. The summed E-state index contributed by atoms with van der Waals surface area (Å²) in [6.07, 6.45) is 0. The van der Waals surface area contributed by atoms with Gasteiger partial charge in [-0.2, -0.15) is 0 Å². The van der Waals surface area contributed by atoms with E-state index in [-0.39, 0.29) is 16.7 Å². The van der Waals surface area contributed by atoms with Gasteiger partial charge in [-0.1, -0.05) is 60.7 Å². The first-order valence-corrected chi connectivity index (χ1v) is 10.9. The molecule has 162 valence electrons. The molecule has 0 bridgehead atoms. The van der Waals surface area contributed by atoms with Crippen LogP contribution in [0.4, 0.5) is 5.69 Å². The molecule has 9 nitrogen and oxygen atoms in total. The van der Waals surface area contributed by atoms with E-state index in [0.717, 1.165) is 12.1 Å². The van der Waals surface area contributed by atoms with Gasteiger partial charge in [-0.05, 0) is 23.3 Å². The number of sulfonamides is 1. The third-order valence-corrected chi connectivity index (χ3v) is 7.11. The van der Waals surface area contributed by atoms with Crippen LogP contribution in [0.25, 0.3) is 0 Å². The van der Waals surface area contributed by atoms with E-state index in [2.05, 4.69) is 0 Å². The summed E-state index contributed by atoms with van der Waals surface area (Å²) in [6.45, 7) is 0. The molecule has 3 aromatic rings. The number of carboxylic acids is 1. The van der Waals surface area contributed by atoms with Crippen molar-refractivity contribution in [1.29, 1.82) is 0 Å². The Morgan fingerprint density at radius 2 is 1.53 bits per heavy atom. The molecule has 0 radical (unpaired) electrons. The number of nitrogens with zero attached hydrogens (tertiary/aromatic N) is 2. The first-order valence-electron chi connectivity index (χ1n) is 9.44. The number of nitro groups is 1. The molecule has 0 aliphatic carbocycles. The second-order valence-corrected chi connectivity index (χ2v) is 8.87. The predicted octanol–water partition coefficient (Wildman–Crippen LogP) is 3.35. The molecule has 1 aliphatic heterocycles. The van der Waals surface area contributed by atoms with Crippen LogP contribution < -0.4 is 0 Å². The number of carbonyl (C=O) groups excluding carboxylic acids is 1. The van der Waals surface area contributed by atoms with Crippen molar-refractivity contribution in [3.05, 3.63) is 106 Å². The van der Waals surface area contributed by atoms with E-state index in [1.165, 1.54) is 42.5 Å². The summed E-state index contributed by atoms with van der Waals surface area (Å²) >= 11 is 0. The molecule has 3 aromatic carbocycles. The van der Waals surface area contributed by atoms with Gasteiger partial charge in [-0.25, -0.2) is 12.7 Å². The van der Waals surface area contributed by atoms with Gasteiger partial charge >= 0.3 is 5.97 Å². The van der Waals surface area contributed by atoms with Crippen molar-refractivity contribution in [2.24, 2.45) is 0 Å². The number of hydrogen-bond donors (Lipinski definition) is 1. The molecule has 10 heteroatoms. The maximum atomic E-state index is 13.7. The van der Waals surface area contributed by atoms with Crippen LogP contribution in [0.1, 0.15) is 33.4 Å². The van der Waals surface area contributed by atoms with Gasteiger partial charge in [0.25, 0.3) is 21.6 Å². The molecule has 1 amide bonds. The van der Waals surface area contributed by atoms with E-state index in [1.54, 1.807) is 24.3 Å². The number of carbonyl (C=O) groups is 2. The van der Waals surface area contributed by atoms with Crippen LogP contribution >= 0.6 is 0 Å². The van der Waals surface area contributed by atoms with E-state index in [0.29, 0.717) is 4.31 Å². The van der Waals surface area contributed by atoms with Crippen LogP contribution in [0.5, 0.6) is 0 Å². The lowest BCUT2D eigenvalue weighted by molar-refractivity contribution is -0.387. The van der Waals surface area contributed by atoms with Gasteiger partial charge in [0.15, 0.2) is 4.90 Å². The van der Waals surface area contributed by atoms with Crippen molar-refractivity contribution >= 4 is 27.6 Å². The van der Waals surface area contributed by atoms with Crippen LogP contribution in [0.15, 0.2) is 83.8 Å². The van der Waals surface area contributed by atoms with E-state index in [9.17, 15) is 33.2 Å². The smallest absolute Gasteiger partial charge is 0.313 e. The molecule has 0 saturated carbocycles. The lowest BCUT2D eigenvalue weighted by atomic mass is 9.81. The average molecular weight is 452 g/mol. The molecule has 0 fully saturated rings. The van der Waals surface area contributed by atoms with Gasteiger partial charge in [0.2, 0.25) is 0 Å². The third kappa shape index (κ3) is 3.30. The Bertz CT molecular complexity index is 1340. The normalized spacial score (nSPS) is 18.1. The Hall–Kier alpha value is -4.05. The first-order chi connectivity index (χ1) is 15.2. The highest BCUT2D eigenvalue weighted by Crippen LogP contribution is 2.46. The van der Waals surface area contributed by atoms with E-state index in [1.807, 2.05) is 0 Å². The lowest BCUT2D eigenvalue weighted by Crippen LogP contribution is -2.48. The highest BCUT2D eigenvalue weighted by Gasteiger charge is 2.50. The van der Waals surface area contributed by atoms with Crippen molar-refractivity contribution in [1.82, 2.24) is 4.31 Å². The number of para-hydroxylation sites is 1. The van der Waals surface area contributed by atoms with E-state index >= 15 is 0 Å². The highest BCUT2D eigenvalue weighted by atomic mass is 32.2. The number of benzene rings is 3. The summed E-state index contributed by atoms with van der Waals surface area (Å²) in [5.74, 6) is -3.70. The second kappa shape index (κ2) is 7.89. The topological polar surface area (TPSA) is 135 Å². The van der Waals surface area contributed by atoms with Gasteiger partial charge < -0.3 is 5.11 Å². The second-order valence-electron chi connectivity index (χ2n) is 7.09. The fraction of sp³-hybridized carbons (Fsp3) is 0.0909. The molecule has 0 aromatic heterocycles. The number of fused-ring (bicyclic) bond motifs is 1. The van der Waals surface area contributed by atoms with Crippen molar-refractivity contribution in [2.45, 2.75) is 16.9 Å². The predicted molar refractivity (Wildman–Crippen MR) is 112 cm³/mol. The Balaban J connectivity index is 2.04. The van der Waals surface area contributed by atoms with Crippen molar-refractivity contribution < 1.29 is 28.0 Å². The molecule has 0 saturated heterocycles. The third-order valence-electron chi connectivity index (χ3n) is 5.30. The highest BCUT2D eigenvalue weighted by molar-refractivity contribution is 7.89. The van der Waals surface area contributed by atoms with Gasteiger partial charge in [0.05, 0.1) is 11.0 Å². The average Bonchev–Trinajstić information content (AvgIpc) is 2.79. The zero-order valence-corrected chi connectivity index (χ0v) is 17.2. The van der Waals surface area contributed by atoms with Crippen molar-refractivity contribution in [3.63, 3.8) is 0 Å². The minimum atomic E-state index is -4.81. The zero-order chi connectivity index (χ0) is 23.0. The quantitative estimate of drug-likeness (QED) is 0.463. The van der Waals surface area contributed by atoms with Gasteiger partial charge in [0, 0.05) is 11.6 Å². The molecule has 2 atom stereocenters. The molecule has 1 heterocycles. The summed E-state index contributed by atoms with van der Waals surface area (Å²) in [7, 11) is -4.81. The number of nitro benzene ring substituents is 1. The molecule has 1 N–H and O–H groups in total. The lowest BCUT2D eigenvalue weighted by Gasteiger charge is -2.39. The Morgan fingerprint density at radius 1 is 0.938 bits per heavy atom. The van der Waals surface area contributed by atoms with Crippen LogP contribution in [0, 0.1) is 10.1 Å². The fourth-order valence-corrected chi connectivity index (χ4v) is 5.68. The standard InChI is InChI=1S/C22H16N2O7S/c25-21-16-11-5-4-10-15(16)19(22(26)27)20(14-8-2-1-3-9-14)23(21)32(30,31)18-13-7-6-12-17(18)24(28)29/h1-13,19-20H,(H,26,27)/t19-,20+/m1/s1. The van der Waals surface area contributed by atoms with E-state index < -0.39 is 49.4 Å². The molecular formula is C22H16N2O7S. The van der Waals surface area contributed by atoms with E-state index in [4.69, 9.17) is 0 Å². The van der Waals surface area contributed by atoms with Gasteiger partial charge in [-0.15, -0.1) is 0 Å². The van der Waals surface area contributed by atoms with Crippen LogP contribution in [-0.2, 0) is 14.8 Å². The Kier molecular flexibility index (Phi) is 5.23. The number of carboxylic acid groups (broad SMARTS) is 1. The largest absolute Gasteiger partial charge is 0.481 e. The summed E-state index contributed by atoms with van der Waals surface area (Å²) in [5.41, 5.74) is -0.357. The number of amides is 1. The summed E-state index contributed by atoms with van der Waals surface area (Å²) in [6, 6.07) is 17.0.